The zero-order valence-electron chi connectivity index (χ0n) is 11.4. The third kappa shape index (κ3) is 2.16. The highest BCUT2D eigenvalue weighted by Crippen LogP contribution is 2.22. The largest absolute Gasteiger partial charge is 0.386 e. The van der Waals surface area contributed by atoms with Crippen molar-refractivity contribution in [2.75, 3.05) is 6.54 Å². The Kier molecular flexibility index (Phi) is 2.79. The van der Waals surface area contributed by atoms with Gasteiger partial charge < -0.3 is 5.11 Å². The second-order valence-electron chi connectivity index (χ2n) is 5.39. The van der Waals surface area contributed by atoms with Crippen LogP contribution in [0.2, 0.25) is 0 Å². The second kappa shape index (κ2) is 4.38. The minimum Gasteiger partial charge on any atom is -0.386 e. The Hall–Kier alpha value is -2.27. The lowest BCUT2D eigenvalue weighted by Gasteiger charge is -2.22. The molecule has 5 nitrogen and oxygen atoms in total. The van der Waals surface area contributed by atoms with E-state index >= 15 is 0 Å². The molecule has 2 aliphatic rings. The number of fused-ring (bicyclic) bond motifs is 1. The minimum atomic E-state index is -0.862. The van der Waals surface area contributed by atoms with Crippen LogP contribution in [0, 0.1) is 0 Å². The van der Waals surface area contributed by atoms with Gasteiger partial charge in [0.05, 0.1) is 36.0 Å². The zero-order chi connectivity index (χ0) is 14.3. The number of hydrogen-bond donors (Lipinski definition) is 1. The second-order valence-corrected chi connectivity index (χ2v) is 5.39. The van der Waals surface area contributed by atoms with Crippen LogP contribution < -0.4 is 0 Å². The van der Waals surface area contributed by atoms with E-state index in [1.807, 2.05) is 24.3 Å². The van der Waals surface area contributed by atoms with Crippen molar-refractivity contribution >= 4 is 18.0 Å². The van der Waals surface area contributed by atoms with Gasteiger partial charge in [0.1, 0.15) is 0 Å². The van der Waals surface area contributed by atoms with Gasteiger partial charge in [0.2, 0.25) is 0 Å². The molecule has 0 bridgehead atoms. The topological polar surface area (TPSA) is 65.3 Å². The number of aliphatic imine (C=N–C) groups is 2. The highest BCUT2D eigenvalue weighted by atomic mass is 16.3. The Morgan fingerprint density at radius 2 is 1.95 bits per heavy atom. The van der Waals surface area contributed by atoms with Gasteiger partial charge in [-0.2, -0.15) is 4.99 Å². The van der Waals surface area contributed by atoms with Crippen LogP contribution in [0.1, 0.15) is 25.0 Å². The van der Waals surface area contributed by atoms with Gasteiger partial charge in [-0.05, 0) is 25.0 Å². The molecule has 0 saturated carbocycles. The average molecular weight is 269 g/mol. The van der Waals surface area contributed by atoms with Crippen molar-refractivity contribution < 1.29 is 9.90 Å². The molecule has 2 amide bonds. The summed E-state index contributed by atoms with van der Waals surface area (Å²) in [6, 6.07) is 7.31. The summed E-state index contributed by atoms with van der Waals surface area (Å²) in [5.41, 5.74) is 2.46. The number of hydrogen-bond acceptors (Lipinski definition) is 3. The molecule has 0 fully saturated rings. The fraction of sp³-hybridized carbons (Fsp3) is 0.267. The monoisotopic (exact) mass is 269 g/mol. The van der Waals surface area contributed by atoms with Crippen LogP contribution in [0.25, 0.3) is 0 Å². The molecule has 3 rings (SSSR count). The molecule has 0 saturated heterocycles. The van der Waals surface area contributed by atoms with Crippen LogP contribution in [0.15, 0.2) is 46.1 Å². The number of rotatable bonds is 2. The number of amides is 2. The van der Waals surface area contributed by atoms with Crippen molar-refractivity contribution in [2.45, 2.75) is 19.4 Å². The van der Waals surface area contributed by atoms with Crippen LogP contribution in [0.4, 0.5) is 4.79 Å². The first kappa shape index (κ1) is 12.7. The standard InChI is InChI=1S/C15H15N3O2/c1-15(2,20)11-5-3-10(4-6-11)13-9-18-12(7-16-13)8-17-14(18)19/h3-8,20H,9H2,1-2H3. The SMILES string of the molecule is CC(C)(O)c1ccc(C2=NC=C3C=NC(=O)N3C2)cc1. The zero-order valence-corrected chi connectivity index (χ0v) is 11.4. The van der Waals surface area contributed by atoms with Crippen molar-refractivity contribution in [1.82, 2.24) is 4.90 Å². The lowest BCUT2D eigenvalue weighted by atomic mass is 9.96. The highest BCUT2D eigenvalue weighted by Gasteiger charge is 2.26. The first-order chi connectivity index (χ1) is 9.45. The number of urea groups is 1. The molecule has 0 aliphatic carbocycles. The average Bonchev–Trinajstić information content (AvgIpc) is 2.79. The molecule has 0 spiro atoms. The quantitative estimate of drug-likeness (QED) is 0.893. The van der Waals surface area contributed by atoms with Gasteiger partial charge in [-0.25, -0.2) is 4.79 Å². The van der Waals surface area contributed by atoms with Crippen molar-refractivity contribution in [3.8, 4) is 0 Å². The van der Waals surface area contributed by atoms with E-state index < -0.39 is 5.60 Å². The maximum atomic E-state index is 11.6. The summed E-state index contributed by atoms with van der Waals surface area (Å²) in [6.07, 6.45) is 3.18. The van der Waals surface area contributed by atoms with Crippen molar-refractivity contribution in [3.05, 3.63) is 47.3 Å². The summed E-state index contributed by atoms with van der Waals surface area (Å²) < 4.78 is 0. The summed E-state index contributed by atoms with van der Waals surface area (Å²) in [5, 5.41) is 9.94. The van der Waals surface area contributed by atoms with Gasteiger partial charge in [0.15, 0.2) is 0 Å². The summed E-state index contributed by atoms with van der Waals surface area (Å²) in [6.45, 7) is 3.91. The van der Waals surface area contributed by atoms with E-state index in [4.69, 9.17) is 0 Å². The number of carbonyl (C=O) groups is 1. The molecule has 2 aliphatic heterocycles. The molecule has 20 heavy (non-hydrogen) atoms. The molecule has 0 aromatic heterocycles. The highest BCUT2D eigenvalue weighted by molar-refractivity contribution is 6.09. The van der Waals surface area contributed by atoms with Crippen LogP contribution in [0.5, 0.6) is 0 Å². The Labute approximate surface area is 117 Å². The molecule has 1 N–H and O–H groups in total. The predicted molar refractivity (Wildman–Crippen MR) is 76.9 cm³/mol. The van der Waals surface area contributed by atoms with E-state index in [1.54, 1.807) is 24.9 Å². The van der Waals surface area contributed by atoms with Crippen molar-refractivity contribution in [2.24, 2.45) is 9.98 Å². The Bertz CT molecular complexity index is 649. The lowest BCUT2D eigenvalue weighted by molar-refractivity contribution is 0.0786. The number of nitrogens with zero attached hydrogens (tertiary/aromatic N) is 3. The smallest absolute Gasteiger partial charge is 0.348 e. The summed E-state index contributed by atoms with van der Waals surface area (Å²) >= 11 is 0. The molecule has 102 valence electrons. The van der Waals surface area contributed by atoms with Crippen molar-refractivity contribution in [1.29, 1.82) is 0 Å². The Morgan fingerprint density at radius 3 is 2.60 bits per heavy atom. The van der Waals surface area contributed by atoms with Gasteiger partial charge in [0.25, 0.3) is 0 Å². The van der Waals surface area contributed by atoms with Crippen LogP contribution in [-0.4, -0.2) is 34.5 Å². The van der Waals surface area contributed by atoms with Gasteiger partial charge in [0, 0.05) is 0 Å². The first-order valence-electron chi connectivity index (χ1n) is 6.41. The third-order valence-electron chi connectivity index (χ3n) is 3.43. The molecule has 0 atom stereocenters. The molecule has 0 radical (unpaired) electrons. The maximum Gasteiger partial charge on any atom is 0.348 e. The fourth-order valence-electron chi connectivity index (χ4n) is 2.20. The van der Waals surface area contributed by atoms with Gasteiger partial charge in [-0.1, -0.05) is 24.3 Å². The first-order valence-corrected chi connectivity index (χ1v) is 6.41. The predicted octanol–water partition coefficient (Wildman–Crippen LogP) is 2.06. The molecule has 1 aromatic carbocycles. The van der Waals surface area contributed by atoms with Gasteiger partial charge in [-0.15, -0.1) is 0 Å². The number of benzene rings is 1. The summed E-state index contributed by atoms with van der Waals surface area (Å²) in [7, 11) is 0. The van der Waals surface area contributed by atoms with E-state index in [0.717, 1.165) is 22.5 Å². The third-order valence-corrected chi connectivity index (χ3v) is 3.43. The van der Waals surface area contributed by atoms with Crippen LogP contribution in [0.3, 0.4) is 0 Å². The minimum absolute atomic E-state index is 0.253. The van der Waals surface area contributed by atoms with Crippen LogP contribution >= 0.6 is 0 Å². The maximum absolute atomic E-state index is 11.6. The van der Waals surface area contributed by atoms with E-state index in [-0.39, 0.29) is 6.03 Å². The number of allylic oxidation sites excluding steroid dienone is 1. The van der Waals surface area contributed by atoms with E-state index in [2.05, 4.69) is 9.98 Å². The van der Waals surface area contributed by atoms with E-state index in [1.165, 1.54) is 6.21 Å². The number of aliphatic hydroxyl groups is 1. The molecular formula is C15H15N3O2. The summed E-state index contributed by atoms with van der Waals surface area (Å²) in [5.74, 6) is 0. The Balaban J connectivity index is 1.88. The molecular weight excluding hydrogens is 254 g/mol. The van der Waals surface area contributed by atoms with Gasteiger partial charge in [-0.3, -0.25) is 9.89 Å². The van der Waals surface area contributed by atoms with Crippen molar-refractivity contribution in [3.63, 3.8) is 0 Å². The number of carbonyl (C=O) groups excluding carboxylic acids is 1. The molecule has 0 unspecified atom stereocenters. The normalized spacial score (nSPS) is 17.9. The molecule has 1 aromatic rings. The van der Waals surface area contributed by atoms with Gasteiger partial charge >= 0.3 is 6.03 Å². The molecule has 5 heteroatoms. The van der Waals surface area contributed by atoms with Crippen LogP contribution in [-0.2, 0) is 5.60 Å². The lowest BCUT2D eigenvalue weighted by Crippen LogP contribution is -2.32. The summed E-state index contributed by atoms with van der Waals surface area (Å²) in [4.78, 5) is 21.3. The van der Waals surface area contributed by atoms with E-state index in [9.17, 15) is 9.90 Å². The Morgan fingerprint density at radius 1 is 1.25 bits per heavy atom. The molecule has 2 heterocycles. The van der Waals surface area contributed by atoms with E-state index in [0.29, 0.717) is 6.54 Å². The fourth-order valence-corrected chi connectivity index (χ4v) is 2.20.